The maximum absolute atomic E-state index is 12.8. The van der Waals surface area contributed by atoms with Crippen LogP contribution in [-0.4, -0.2) is 21.5 Å². The van der Waals surface area contributed by atoms with Gasteiger partial charge in [0.2, 0.25) is 5.95 Å². The smallest absolute Gasteiger partial charge is 0.235 e. The Morgan fingerprint density at radius 1 is 0.706 bits per heavy atom. The Morgan fingerprint density at radius 2 is 1.38 bits per heavy atom. The van der Waals surface area contributed by atoms with Crippen molar-refractivity contribution >= 4 is 56.4 Å². The summed E-state index contributed by atoms with van der Waals surface area (Å²) in [6, 6.07) is 27.0. The number of thiophene rings is 1. The lowest BCUT2D eigenvalue weighted by atomic mass is 10.1. The van der Waals surface area contributed by atoms with Crippen LogP contribution in [-0.2, 0) is 0 Å². The van der Waals surface area contributed by atoms with Gasteiger partial charge in [-0.25, -0.2) is 9.97 Å². The van der Waals surface area contributed by atoms with E-state index in [9.17, 15) is 9.59 Å². The van der Waals surface area contributed by atoms with Crippen molar-refractivity contribution in [2.75, 3.05) is 4.90 Å². The van der Waals surface area contributed by atoms with Gasteiger partial charge in [0.05, 0.1) is 11.3 Å². The largest absolute Gasteiger partial charge is 0.288 e. The van der Waals surface area contributed by atoms with Crippen molar-refractivity contribution in [2.45, 2.75) is 0 Å². The topological polar surface area (TPSA) is 63.2 Å². The fraction of sp³-hybridized carbons (Fsp3) is 0. The highest BCUT2D eigenvalue weighted by molar-refractivity contribution is 7.17. The zero-order chi connectivity index (χ0) is 23.1. The van der Waals surface area contributed by atoms with Gasteiger partial charge in [0, 0.05) is 28.4 Å². The average molecular weight is 460 g/mol. The van der Waals surface area contributed by atoms with E-state index in [0.717, 1.165) is 26.3 Å². The minimum Gasteiger partial charge on any atom is -0.288 e. The molecule has 0 saturated carbocycles. The number of hydrogen-bond donors (Lipinski definition) is 0. The number of benzene rings is 3. The number of aromatic nitrogens is 2. The number of carbonyl (C=O) groups excluding carboxylic acids is 2. The summed E-state index contributed by atoms with van der Waals surface area (Å²) >= 11 is 1.47. The van der Waals surface area contributed by atoms with Crippen LogP contribution in [0, 0.1) is 0 Å². The third-order valence-electron chi connectivity index (χ3n) is 5.77. The molecule has 1 aliphatic carbocycles. The second-order valence-electron chi connectivity index (χ2n) is 7.85. The molecule has 6 heteroatoms. The van der Waals surface area contributed by atoms with Gasteiger partial charge in [-0.3, -0.25) is 14.5 Å². The first kappa shape index (κ1) is 20.2. The molecule has 34 heavy (non-hydrogen) atoms. The zero-order valence-corrected chi connectivity index (χ0v) is 18.7. The third-order valence-corrected chi connectivity index (χ3v) is 6.79. The molecule has 0 spiro atoms. The number of allylic oxidation sites excluding steroid dienone is 1. The molecule has 0 aliphatic heterocycles. The van der Waals surface area contributed by atoms with Crippen LogP contribution in [0.4, 0.5) is 16.6 Å². The van der Waals surface area contributed by atoms with E-state index in [1.54, 1.807) is 48.8 Å². The summed E-state index contributed by atoms with van der Waals surface area (Å²) in [4.78, 5) is 37.3. The maximum Gasteiger partial charge on any atom is 0.235 e. The van der Waals surface area contributed by atoms with Gasteiger partial charge in [-0.15, -0.1) is 11.3 Å². The van der Waals surface area contributed by atoms with Crippen molar-refractivity contribution < 1.29 is 9.59 Å². The predicted molar refractivity (Wildman–Crippen MR) is 135 cm³/mol. The zero-order valence-electron chi connectivity index (χ0n) is 17.9. The van der Waals surface area contributed by atoms with Crippen LogP contribution in [0.25, 0.3) is 16.8 Å². The van der Waals surface area contributed by atoms with Gasteiger partial charge in [0.15, 0.2) is 11.6 Å². The van der Waals surface area contributed by atoms with Crippen LogP contribution >= 0.6 is 11.3 Å². The summed E-state index contributed by atoms with van der Waals surface area (Å²) in [7, 11) is 0. The summed E-state index contributed by atoms with van der Waals surface area (Å²) in [6.07, 6.45) is 5.10. The van der Waals surface area contributed by atoms with Crippen molar-refractivity contribution in [1.29, 1.82) is 0 Å². The van der Waals surface area contributed by atoms with Crippen LogP contribution in [0.1, 0.15) is 25.6 Å². The number of fused-ring (bicyclic) bond motifs is 2. The lowest BCUT2D eigenvalue weighted by Gasteiger charge is -2.21. The van der Waals surface area contributed by atoms with Gasteiger partial charge in [-0.1, -0.05) is 54.6 Å². The molecule has 5 aromatic rings. The van der Waals surface area contributed by atoms with Gasteiger partial charge < -0.3 is 0 Å². The molecule has 2 heterocycles. The van der Waals surface area contributed by atoms with E-state index in [0.29, 0.717) is 17.1 Å². The second-order valence-corrected chi connectivity index (χ2v) is 8.95. The molecule has 0 amide bonds. The molecule has 0 atom stereocenters. The SMILES string of the molecule is O=C1C(=Cc2ccc(N(c3ccc4ccccc4c3)c3ncccn3)s2)C(=O)c2ccccc21. The molecule has 0 N–H and O–H groups in total. The van der Waals surface area contributed by atoms with E-state index in [1.165, 1.54) is 11.3 Å². The van der Waals surface area contributed by atoms with E-state index in [-0.39, 0.29) is 17.1 Å². The van der Waals surface area contributed by atoms with Crippen LogP contribution in [0.5, 0.6) is 0 Å². The standard InChI is InChI=1S/C28H17N3O2S/c32-26-22-8-3-4-9-23(22)27(33)24(26)17-21-12-13-25(34-21)31(28-29-14-5-15-30-28)20-11-10-18-6-1-2-7-19(18)16-20/h1-17H. The van der Waals surface area contributed by atoms with Crippen LogP contribution in [0.2, 0.25) is 0 Å². The number of nitrogens with zero attached hydrogens (tertiary/aromatic N) is 3. The second kappa shape index (κ2) is 8.17. The van der Waals surface area contributed by atoms with Crippen molar-refractivity contribution in [2.24, 2.45) is 0 Å². The van der Waals surface area contributed by atoms with Gasteiger partial charge in [-0.05, 0) is 47.2 Å². The minimum absolute atomic E-state index is 0.197. The summed E-state index contributed by atoms with van der Waals surface area (Å²) in [5, 5.41) is 3.14. The first-order valence-corrected chi connectivity index (χ1v) is 11.6. The molecule has 0 radical (unpaired) electrons. The first-order valence-electron chi connectivity index (χ1n) is 10.7. The number of rotatable bonds is 4. The Bertz CT molecular complexity index is 1570. The van der Waals surface area contributed by atoms with Gasteiger partial charge in [0.1, 0.15) is 5.00 Å². The summed E-state index contributed by atoms with van der Waals surface area (Å²) in [5.74, 6) is 0.0842. The molecule has 0 bridgehead atoms. The van der Waals surface area contributed by atoms with E-state index in [2.05, 4.69) is 34.2 Å². The summed E-state index contributed by atoms with van der Waals surface area (Å²) in [5.41, 5.74) is 2.05. The molecule has 0 fully saturated rings. The van der Waals surface area contributed by atoms with Crippen molar-refractivity contribution in [3.63, 3.8) is 0 Å². The Balaban J connectivity index is 1.42. The van der Waals surface area contributed by atoms with E-state index in [1.807, 2.05) is 35.2 Å². The fourth-order valence-corrected chi connectivity index (χ4v) is 5.12. The molecule has 162 valence electrons. The van der Waals surface area contributed by atoms with Crippen LogP contribution < -0.4 is 4.90 Å². The Kier molecular flexibility index (Phi) is 4.86. The Hall–Kier alpha value is -4.42. The van der Waals surface area contributed by atoms with Crippen LogP contribution in [0.15, 0.2) is 103 Å². The molecule has 5 nitrogen and oxygen atoms in total. The lowest BCUT2D eigenvalue weighted by Crippen LogP contribution is -2.11. The fourth-order valence-electron chi connectivity index (χ4n) is 4.15. The summed E-state index contributed by atoms with van der Waals surface area (Å²) in [6.45, 7) is 0. The minimum atomic E-state index is -0.228. The maximum atomic E-state index is 12.8. The highest BCUT2D eigenvalue weighted by Crippen LogP contribution is 2.39. The normalized spacial score (nSPS) is 12.8. The number of Topliss-reactive ketones (excluding diaryl/α,β-unsaturated/α-hetero) is 2. The molecular formula is C28H17N3O2S. The van der Waals surface area contributed by atoms with Gasteiger partial charge in [0.25, 0.3) is 0 Å². The molecule has 0 unspecified atom stereocenters. The number of anilines is 3. The van der Waals surface area contributed by atoms with Crippen LogP contribution in [0.3, 0.4) is 0 Å². The monoisotopic (exact) mass is 459 g/mol. The lowest BCUT2D eigenvalue weighted by molar-refractivity contribution is 0.0990. The Labute approximate surface area is 199 Å². The number of ketones is 2. The summed E-state index contributed by atoms with van der Waals surface area (Å²) < 4.78 is 0. The average Bonchev–Trinajstić information content (AvgIpc) is 3.44. The predicted octanol–water partition coefficient (Wildman–Crippen LogP) is 6.62. The number of hydrogen-bond acceptors (Lipinski definition) is 6. The van der Waals surface area contributed by atoms with Gasteiger partial charge >= 0.3 is 0 Å². The number of carbonyl (C=O) groups is 2. The highest BCUT2D eigenvalue weighted by Gasteiger charge is 2.32. The third kappa shape index (κ3) is 3.41. The van der Waals surface area contributed by atoms with E-state index < -0.39 is 0 Å². The molecular weight excluding hydrogens is 442 g/mol. The van der Waals surface area contributed by atoms with Gasteiger partial charge in [-0.2, -0.15) is 0 Å². The van der Waals surface area contributed by atoms with Crippen molar-refractivity contribution in [1.82, 2.24) is 9.97 Å². The van der Waals surface area contributed by atoms with E-state index in [4.69, 9.17) is 0 Å². The van der Waals surface area contributed by atoms with E-state index >= 15 is 0 Å². The quantitative estimate of drug-likeness (QED) is 0.223. The molecule has 3 aromatic carbocycles. The molecule has 1 aliphatic rings. The molecule has 2 aromatic heterocycles. The van der Waals surface area contributed by atoms with Crippen molar-refractivity contribution in [3.8, 4) is 0 Å². The highest BCUT2D eigenvalue weighted by atomic mass is 32.1. The molecule has 0 saturated heterocycles. The molecule has 6 rings (SSSR count). The van der Waals surface area contributed by atoms with Crippen molar-refractivity contribution in [3.05, 3.63) is 119 Å². The Morgan fingerprint density at radius 3 is 2.12 bits per heavy atom. The first-order chi connectivity index (χ1) is 16.7.